The highest BCUT2D eigenvalue weighted by Gasteiger charge is 2.18. The Hall–Kier alpha value is -3.67. The van der Waals surface area contributed by atoms with Crippen LogP contribution in [-0.4, -0.2) is 20.2 Å². The van der Waals surface area contributed by atoms with Crippen molar-refractivity contribution in [1.82, 2.24) is 9.13 Å². The highest BCUT2D eigenvalue weighted by Crippen LogP contribution is 2.23. The summed E-state index contributed by atoms with van der Waals surface area (Å²) in [5.74, 6) is -1.40. The van der Waals surface area contributed by atoms with E-state index in [1.165, 1.54) is 22.8 Å². The third-order valence-corrected chi connectivity index (χ3v) is 4.76. The smallest absolute Gasteiger partial charge is 0.352 e. The summed E-state index contributed by atoms with van der Waals surface area (Å²) >= 11 is 0. The molecule has 2 aromatic heterocycles. The van der Waals surface area contributed by atoms with Gasteiger partial charge in [0.05, 0.1) is 11.0 Å². The van der Waals surface area contributed by atoms with Gasteiger partial charge in [0.25, 0.3) is 5.56 Å². The Bertz CT molecular complexity index is 1260. The van der Waals surface area contributed by atoms with Crippen LogP contribution in [0.2, 0.25) is 0 Å². The van der Waals surface area contributed by atoms with Crippen LogP contribution in [0.3, 0.4) is 0 Å². The molecule has 0 amide bonds. The van der Waals surface area contributed by atoms with Gasteiger partial charge in [0.2, 0.25) is 0 Å². The van der Waals surface area contributed by atoms with Gasteiger partial charge in [0.15, 0.2) is 0 Å². The molecular weight excluding hydrogens is 359 g/mol. The van der Waals surface area contributed by atoms with Crippen LogP contribution in [-0.2, 0) is 6.54 Å². The third-order valence-electron chi connectivity index (χ3n) is 4.76. The largest absolute Gasteiger partial charge is 0.477 e. The van der Waals surface area contributed by atoms with Crippen LogP contribution >= 0.6 is 0 Å². The van der Waals surface area contributed by atoms with E-state index in [-0.39, 0.29) is 23.6 Å². The minimum atomic E-state index is -1.10. The lowest BCUT2D eigenvalue weighted by Gasteiger charge is -2.11. The molecule has 1 N–H and O–H groups in total. The first kappa shape index (κ1) is 17.7. The Balaban J connectivity index is 1.96. The Kier molecular flexibility index (Phi) is 4.31. The summed E-state index contributed by atoms with van der Waals surface area (Å²) in [5, 5.41) is 9.71. The monoisotopic (exact) mass is 376 g/mol. The average molecular weight is 376 g/mol. The fourth-order valence-electron chi connectivity index (χ4n) is 3.43. The van der Waals surface area contributed by atoms with E-state index >= 15 is 0 Å². The number of aryl methyl sites for hydroxylation is 1. The SMILES string of the molecule is Cc1cc(Cn2c(C(=O)O)cc3c2ccc(=O)n3-c2ccccc2)ccc1F. The summed E-state index contributed by atoms with van der Waals surface area (Å²) < 4.78 is 16.7. The van der Waals surface area contributed by atoms with Crippen LogP contribution in [0, 0.1) is 12.7 Å². The van der Waals surface area contributed by atoms with Crippen LogP contribution in [0.4, 0.5) is 4.39 Å². The number of carboxylic acid groups (broad SMARTS) is 1. The zero-order valence-electron chi connectivity index (χ0n) is 15.1. The molecule has 0 aliphatic heterocycles. The molecule has 140 valence electrons. The number of nitrogens with zero attached hydrogens (tertiary/aromatic N) is 2. The zero-order valence-corrected chi connectivity index (χ0v) is 15.1. The molecule has 0 saturated carbocycles. The van der Waals surface area contributed by atoms with Crippen molar-refractivity contribution in [2.24, 2.45) is 0 Å². The number of hydrogen-bond acceptors (Lipinski definition) is 2. The maximum atomic E-state index is 13.6. The Labute approximate surface area is 159 Å². The van der Waals surface area contributed by atoms with Crippen molar-refractivity contribution in [3.63, 3.8) is 0 Å². The number of aromatic carboxylic acids is 1. The van der Waals surface area contributed by atoms with E-state index in [4.69, 9.17) is 0 Å². The van der Waals surface area contributed by atoms with E-state index in [1.807, 2.05) is 18.2 Å². The molecule has 28 heavy (non-hydrogen) atoms. The predicted molar refractivity (Wildman–Crippen MR) is 105 cm³/mol. The maximum absolute atomic E-state index is 13.6. The van der Waals surface area contributed by atoms with Gasteiger partial charge < -0.3 is 9.67 Å². The number of carboxylic acids is 1. The Morgan fingerprint density at radius 1 is 1.00 bits per heavy atom. The van der Waals surface area contributed by atoms with Crippen molar-refractivity contribution in [2.75, 3.05) is 0 Å². The van der Waals surface area contributed by atoms with Gasteiger partial charge in [-0.2, -0.15) is 0 Å². The average Bonchev–Trinajstić information content (AvgIpc) is 3.04. The van der Waals surface area contributed by atoms with Crippen molar-refractivity contribution in [1.29, 1.82) is 0 Å². The third kappa shape index (κ3) is 2.99. The van der Waals surface area contributed by atoms with Crippen molar-refractivity contribution in [2.45, 2.75) is 13.5 Å². The molecule has 6 heteroatoms. The zero-order chi connectivity index (χ0) is 19.8. The molecule has 0 bridgehead atoms. The Morgan fingerprint density at radius 3 is 2.43 bits per heavy atom. The lowest BCUT2D eigenvalue weighted by Crippen LogP contribution is -2.17. The molecule has 4 rings (SSSR count). The fourth-order valence-corrected chi connectivity index (χ4v) is 3.43. The lowest BCUT2D eigenvalue weighted by molar-refractivity contribution is 0.0686. The van der Waals surface area contributed by atoms with E-state index in [2.05, 4.69) is 0 Å². The lowest BCUT2D eigenvalue weighted by atomic mass is 10.1. The summed E-state index contributed by atoms with van der Waals surface area (Å²) in [5.41, 5.74) is 2.86. The van der Waals surface area contributed by atoms with Crippen LogP contribution in [0.1, 0.15) is 21.6 Å². The first-order valence-corrected chi connectivity index (χ1v) is 8.75. The second-order valence-corrected chi connectivity index (χ2v) is 6.62. The van der Waals surface area contributed by atoms with E-state index in [0.717, 1.165) is 5.56 Å². The van der Waals surface area contributed by atoms with Crippen LogP contribution in [0.5, 0.6) is 0 Å². The molecule has 0 aliphatic carbocycles. The van der Waals surface area contributed by atoms with E-state index in [0.29, 0.717) is 22.3 Å². The second-order valence-electron chi connectivity index (χ2n) is 6.62. The summed E-state index contributed by atoms with van der Waals surface area (Å²) in [6.45, 7) is 1.91. The van der Waals surface area contributed by atoms with Gasteiger partial charge >= 0.3 is 5.97 Å². The molecular formula is C22H17FN2O3. The summed E-state index contributed by atoms with van der Waals surface area (Å²) in [7, 11) is 0. The quantitative estimate of drug-likeness (QED) is 0.586. The molecule has 0 unspecified atom stereocenters. The van der Waals surface area contributed by atoms with Gasteiger partial charge in [0.1, 0.15) is 11.5 Å². The summed E-state index contributed by atoms with van der Waals surface area (Å²) in [6.07, 6.45) is 0. The second kappa shape index (κ2) is 6.81. The summed E-state index contributed by atoms with van der Waals surface area (Å²) in [4.78, 5) is 24.4. The molecule has 0 saturated heterocycles. The number of rotatable bonds is 4. The first-order chi connectivity index (χ1) is 13.5. The van der Waals surface area contributed by atoms with E-state index < -0.39 is 5.97 Å². The van der Waals surface area contributed by atoms with Crippen molar-refractivity contribution in [3.8, 4) is 5.69 Å². The molecule has 2 heterocycles. The summed E-state index contributed by atoms with van der Waals surface area (Å²) in [6, 6.07) is 18.3. The van der Waals surface area contributed by atoms with Crippen molar-refractivity contribution < 1.29 is 14.3 Å². The van der Waals surface area contributed by atoms with Gasteiger partial charge in [-0.15, -0.1) is 0 Å². The number of benzene rings is 2. The normalized spacial score (nSPS) is 11.1. The minimum Gasteiger partial charge on any atom is -0.477 e. The maximum Gasteiger partial charge on any atom is 0.352 e. The number of hydrogen-bond donors (Lipinski definition) is 1. The molecule has 0 fully saturated rings. The van der Waals surface area contributed by atoms with E-state index in [9.17, 15) is 19.1 Å². The molecule has 4 aromatic rings. The molecule has 0 atom stereocenters. The molecule has 2 aromatic carbocycles. The number of halogens is 1. The molecule has 5 nitrogen and oxygen atoms in total. The van der Waals surface area contributed by atoms with Crippen molar-refractivity contribution in [3.05, 3.63) is 99.7 Å². The van der Waals surface area contributed by atoms with Crippen LogP contribution < -0.4 is 5.56 Å². The number of carbonyl (C=O) groups is 1. The van der Waals surface area contributed by atoms with Gasteiger partial charge in [-0.05, 0) is 48.4 Å². The van der Waals surface area contributed by atoms with Crippen LogP contribution in [0.25, 0.3) is 16.7 Å². The first-order valence-electron chi connectivity index (χ1n) is 8.75. The number of pyridine rings is 1. The minimum absolute atomic E-state index is 0.0623. The number of para-hydroxylation sites is 1. The van der Waals surface area contributed by atoms with Crippen LogP contribution in [0.15, 0.2) is 71.5 Å². The Morgan fingerprint density at radius 2 is 1.75 bits per heavy atom. The molecule has 0 aliphatic rings. The predicted octanol–water partition coefficient (Wildman–Crippen LogP) is 3.99. The standard InChI is InChI=1S/C22H17FN2O3/c1-14-11-15(7-8-17(14)23)13-24-18-9-10-21(26)25(16-5-3-2-4-6-16)19(18)12-20(24)22(27)28/h2-12H,13H2,1H3,(H,27,28). The van der Waals surface area contributed by atoms with Gasteiger partial charge in [-0.3, -0.25) is 9.36 Å². The highest BCUT2D eigenvalue weighted by molar-refractivity contribution is 5.94. The highest BCUT2D eigenvalue weighted by atomic mass is 19.1. The van der Waals surface area contributed by atoms with Crippen molar-refractivity contribution >= 4 is 17.0 Å². The fraction of sp³-hybridized carbons (Fsp3) is 0.0909. The molecule has 0 radical (unpaired) electrons. The van der Waals surface area contributed by atoms with Gasteiger partial charge in [-0.25, -0.2) is 9.18 Å². The van der Waals surface area contributed by atoms with Gasteiger partial charge in [-0.1, -0.05) is 30.3 Å². The number of aromatic nitrogens is 2. The van der Waals surface area contributed by atoms with E-state index in [1.54, 1.807) is 41.8 Å². The van der Waals surface area contributed by atoms with Gasteiger partial charge in [0, 0.05) is 18.3 Å². The molecule has 0 spiro atoms. The topological polar surface area (TPSA) is 64.2 Å². The number of fused-ring (bicyclic) bond motifs is 1.